The number of likely N-dealkylation sites (tertiary alicyclic amines) is 1. The number of ether oxygens (including phenoxy) is 1. The van der Waals surface area contributed by atoms with Gasteiger partial charge < -0.3 is 9.84 Å². The molecule has 2 fully saturated rings. The molecule has 1 N–H and O–H groups in total. The molecular formula is C23H27NO3. The second-order valence-corrected chi connectivity index (χ2v) is 8.16. The van der Waals surface area contributed by atoms with E-state index in [9.17, 15) is 9.90 Å². The van der Waals surface area contributed by atoms with Gasteiger partial charge in [0.15, 0.2) is 5.78 Å². The Morgan fingerprint density at radius 3 is 2.37 bits per heavy atom. The third-order valence-electron chi connectivity index (χ3n) is 5.96. The normalized spacial score (nSPS) is 24.7. The molecule has 27 heavy (non-hydrogen) atoms. The van der Waals surface area contributed by atoms with Crippen molar-refractivity contribution in [3.05, 3.63) is 59.2 Å². The molecule has 1 saturated heterocycles. The Balaban J connectivity index is 1.30. The Hall–Kier alpha value is -2.33. The van der Waals surface area contributed by atoms with Crippen LogP contribution in [-0.4, -0.2) is 41.5 Å². The number of phenolic OH excluding ortho intramolecular Hbond substituents is 1. The number of nitrogens with zero attached hydrogens (tertiary/aromatic N) is 1. The number of carbonyl (C=O) groups excluding carboxylic acids is 1. The molecule has 1 saturated carbocycles. The first-order valence-corrected chi connectivity index (χ1v) is 9.76. The van der Waals surface area contributed by atoms with Crippen LogP contribution in [0.5, 0.6) is 11.5 Å². The van der Waals surface area contributed by atoms with Gasteiger partial charge in [-0.1, -0.05) is 17.7 Å². The van der Waals surface area contributed by atoms with Crippen LogP contribution >= 0.6 is 0 Å². The number of hydrogen-bond donors (Lipinski definition) is 1. The summed E-state index contributed by atoms with van der Waals surface area (Å²) in [5.74, 6) is 2.56. The molecule has 0 aromatic heterocycles. The maximum Gasteiger partial charge on any atom is 0.176 e. The van der Waals surface area contributed by atoms with Crippen molar-refractivity contribution in [2.45, 2.75) is 32.8 Å². The van der Waals surface area contributed by atoms with Crippen LogP contribution in [-0.2, 0) is 0 Å². The first kappa shape index (κ1) is 18.1. The minimum Gasteiger partial charge on any atom is -0.508 e. The summed E-state index contributed by atoms with van der Waals surface area (Å²) in [7, 11) is 0. The molecule has 2 aromatic rings. The first-order valence-electron chi connectivity index (χ1n) is 9.76. The van der Waals surface area contributed by atoms with Gasteiger partial charge in [-0.2, -0.15) is 0 Å². The molecule has 142 valence electrons. The molecule has 0 spiro atoms. The van der Waals surface area contributed by atoms with Crippen LogP contribution in [0.2, 0.25) is 0 Å². The highest BCUT2D eigenvalue weighted by atomic mass is 16.5. The molecule has 1 aliphatic carbocycles. The largest absolute Gasteiger partial charge is 0.508 e. The highest BCUT2D eigenvalue weighted by molar-refractivity contribution is 5.97. The number of hydrogen-bond acceptors (Lipinski definition) is 4. The van der Waals surface area contributed by atoms with Gasteiger partial charge in [-0.3, -0.25) is 9.69 Å². The topological polar surface area (TPSA) is 49.8 Å². The third-order valence-corrected chi connectivity index (χ3v) is 5.96. The van der Waals surface area contributed by atoms with E-state index in [0.717, 1.165) is 31.7 Å². The minimum absolute atomic E-state index is 0.123. The Bertz CT molecular complexity index is 816. The molecule has 0 unspecified atom stereocenters. The van der Waals surface area contributed by atoms with E-state index in [-0.39, 0.29) is 17.6 Å². The van der Waals surface area contributed by atoms with Gasteiger partial charge in [-0.25, -0.2) is 0 Å². The number of fused-ring (bicyclic) bond motifs is 1. The summed E-state index contributed by atoms with van der Waals surface area (Å²) >= 11 is 0. The highest BCUT2D eigenvalue weighted by Gasteiger charge is 2.42. The van der Waals surface area contributed by atoms with Crippen LogP contribution in [0.3, 0.4) is 0 Å². The van der Waals surface area contributed by atoms with Gasteiger partial charge in [-0.15, -0.1) is 0 Å². The minimum atomic E-state index is 0.123. The fourth-order valence-corrected chi connectivity index (χ4v) is 4.62. The number of rotatable bonds is 5. The number of phenols is 1. The van der Waals surface area contributed by atoms with Crippen molar-refractivity contribution >= 4 is 5.78 Å². The Morgan fingerprint density at radius 2 is 1.74 bits per heavy atom. The number of ketones is 1. The van der Waals surface area contributed by atoms with Crippen molar-refractivity contribution in [2.75, 3.05) is 19.6 Å². The molecular weight excluding hydrogens is 338 g/mol. The summed E-state index contributed by atoms with van der Waals surface area (Å²) in [5.41, 5.74) is 3.13. The fourth-order valence-electron chi connectivity index (χ4n) is 4.62. The second kappa shape index (κ2) is 7.35. The predicted molar refractivity (Wildman–Crippen MR) is 105 cm³/mol. The van der Waals surface area contributed by atoms with Crippen LogP contribution in [0, 0.1) is 25.7 Å². The molecule has 0 bridgehead atoms. The van der Waals surface area contributed by atoms with E-state index >= 15 is 0 Å². The zero-order valence-electron chi connectivity index (χ0n) is 16.0. The van der Waals surface area contributed by atoms with Gasteiger partial charge in [0.2, 0.25) is 0 Å². The van der Waals surface area contributed by atoms with E-state index < -0.39 is 0 Å². The predicted octanol–water partition coefficient (Wildman–Crippen LogP) is 3.98. The summed E-state index contributed by atoms with van der Waals surface area (Å²) in [4.78, 5) is 14.7. The van der Waals surface area contributed by atoms with Gasteiger partial charge in [0, 0.05) is 18.7 Å². The number of aromatic hydroxyl groups is 1. The summed E-state index contributed by atoms with van der Waals surface area (Å²) < 4.78 is 6.29. The second-order valence-electron chi connectivity index (χ2n) is 8.16. The van der Waals surface area contributed by atoms with Crippen LogP contribution in [0.15, 0.2) is 42.5 Å². The first-order chi connectivity index (χ1) is 13.0. The molecule has 2 aliphatic rings. The molecule has 3 atom stereocenters. The van der Waals surface area contributed by atoms with Gasteiger partial charge in [0.25, 0.3) is 0 Å². The van der Waals surface area contributed by atoms with Gasteiger partial charge >= 0.3 is 0 Å². The zero-order valence-corrected chi connectivity index (χ0v) is 16.0. The lowest BCUT2D eigenvalue weighted by atomic mass is 10.0. The molecule has 4 heteroatoms. The van der Waals surface area contributed by atoms with Crippen LogP contribution < -0.4 is 4.74 Å². The average Bonchev–Trinajstić information content (AvgIpc) is 3.15. The third kappa shape index (κ3) is 4.01. The van der Waals surface area contributed by atoms with Crippen molar-refractivity contribution in [3.8, 4) is 11.5 Å². The van der Waals surface area contributed by atoms with E-state index in [0.29, 0.717) is 23.9 Å². The molecule has 2 aromatic carbocycles. The van der Waals surface area contributed by atoms with Gasteiger partial charge in [0.1, 0.15) is 11.5 Å². The van der Waals surface area contributed by atoms with E-state index in [1.165, 1.54) is 11.1 Å². The van der Waals surface area contributed by atoms with E-state index in [1.807, 2.05) is 0 Å². The van der Waals surface area contributed by atoms with E-state index in [2.05, 4.69) is 36.9 Å². The molecule has 4 rings (SSSR count). The van der Waals surface area contributed by atoms with Crippen molar-refractivity contribution in [2.24, 2.45) is 11.8 Å². The quantitative estimate of drug-likeness (QED) is 0.814. The maximum atomic E-state index is 12.5. The zero-order chi connectivity index (χ0) is 19.0. The molecule has 1 heterocycles. The monoisotopic (exact) mass is 365 g/mol. The summed E-state index contributed by atoms with van der Waals surface area (Å²) in [5, 5.41) is 9.36. The van der Waals surface area contributed by atoms with Crippen LogP contribution in [0.25, 0.3) is 0 Å². The molecule has 0 amide bonds. The number of aryl methyl sites for hydroxylation is 2. The standard InChI is InChI=1S/C23H27NO3/c1-15-3-8-23(16(2)9-15)27-21-10-18-12-24(13-19(18)11-21)14-22(26)17-4-6-20(25)7-5-17/h3-9,18-19,21,25H,10-14H2,1-2H3/t18-,19+,21+. The Kier molecular flexibility index (Phi) is 4.92. The number of Topliss-reactive ketones (excluding diaryl/α,β-unsaturated/α-hetero) is 1. The lowest BCUT2D eigenvalue weighted by molar-refractivity contribution is 0.0936. The van der Waals surface area contributed by atoms with Crippen molar-refractivity contribution in [1.29, 1.82) is 0 Å². The lowest BCUT2D eigenvalue weighted by Gasteiger charge is -2.20. The number of benzene rings is 2. The van der Waals surface area contributed by atoms with Gasteiger partial charge in [0.05, 0.1) is 12.6 Å². The highest BCUT2D eigenvalue weighted by Crippen LogP contribution is 2.40. The summed E-state index contributed by atoms with van der Waals surface area (Å²) in [6.07, 6.45) is 2.43. The summed E-state index contributed by atoms with van der Waals surface area (Å²) in [6, 6.07) is 12.9. The maximum absolute atomic E-state index is 12.5. The van der Waals surface area contributed by atoms with Crippen molar-refractivity contribution in [1.82, 2.24) is 4.90 Å². The Morgan fingerprint density at radius 1 is 1.07 bits per heavy atom. The molecule has 0 radical (unpaired) electrons. The smallest absolute Gasteiger partial charge is 0.176 e. The molecule has 4 nitrogen and oxygen atoms in total. The fraction of sp³-hybridized carbons (Fsp3) is 0.435. The van der Waals surface area contributed by atoms with Gasteiger partial charge in [-0.05, 0) is 74.4 Å². The SMILES string of the molecule is Cc1ccc(O[C@H]2C[C@@H]3CN(CC(=O)c4ccc(O)cc4)C[C@@H]3C2)c(C)c1. The van der Waals surface area contributed by atoms with Crippen molar-refractivity contribution in [3.63, 3.8) is 0 Å². The van der Waals surface area contributed by atoms with E-state index in [1.54, 1.807) is 24.3 Å². The lowest BCUT2D eigenvalue weighted by Crippen LogP contribution is -2.30. The van der Waals surface area contributed by atoms with Crippen LogP contribution in [0.4, 0.5) is 0 Å². The Labute approximate surface area is 160 Å². The summed E-state index contributed by atoms with van der Waals surface area (Å²) in [6.45, 7) is 6.61. The molecule has 1 aliphatic heterocycles. The number of carbonyl (C=O) groups is 1. The average molecular weight is 365 g/mol. The van der Waals surface area contributed by atoms with Crippen LogP contribution in [0.1, 0.15) is 34.3 Å². The van der Waals surface area contributed by atoms with E-state index in [4.69, 9.17) is 4.74 Å². The van der Waals surface area contributed by atoms with Crippen molar-refractivity contribution < 1.29 is 14.6 Å².